The van der Waals surface area contributed by atoms with E-state index < -0.39 is 139 Å². The van der Waals surface area contributed by atoms with Gasteiger partial charge in [0.2, 0.25) is 12.2 Å². The molecule has 76 heavy (non-hydrogen) atoms. The molecule has 2 aliphatic heterocycles. The number of rotatable bonds is 16. The van der Waals surface area contributed by atoms with Crippen molar-refractivity contribution >= 4 is 42.1 Å². The summed E-state index contributed by atoms with van der Waals surface area (Å²) < 4.78 is 52.1. The van der Waals surface area contributed by atoms with Crippen molar-refractivity contribution in [3.8, 4) is 0 Å². The number of anilines is 1. The van der Waals surface area contributed by atoms with E-state index >= 15 is 0 Å². The number of aliphatic hydroxyl groups is 4. The van der Waals surface area contributed by atoms with E-state index in [0.717, 1.165) is 4.90 Å². The standard InChI is InChI=1S/C50H81N7O19/c1-47(2,3)73-43(64)52-21-20-32(58)39(62)54-30-22-31(56-45(66)75-49(7,8)9)38(36(61)37(30)72-41-35(60)34(33(59)25-68-41)57(13)46(67)76-50(10,11)12)71-40-29(55-44(65)74-48(4,5)6)19-18-28(70-40)23-53-42(63)69-24-26-14-16-27(51)17-15-26/h14-18,29-38,40-41,58-61H,19-25,51H2,1-13H3,(H,52,64)(H,53,63)(H,54,62)(H,55,65)(H,56,66)/t29-,30-,31+,32-,33-,34+,35-,36-,37+,38-,40-,41-/m1/s1. The molecule has 0 unspecified atom stereocenters. The Kier molecular flexibility index (Phi) is 21.8. The summed E-state index contributed by atoms with van der Waals surface area (Å²) in [7, 11) is 1.29. The van der Waals surface area contributed by atoms with E-state index in [0.29, 0.717) is 11.3 Å². The predicted molar refractivity (Wildman–Crippen MR) is 270 cm³/mol. The topological polar surface area (TPSA) is 356 Å². The molecule has 1 aromatic rings. The third kappa shape index (κ3) is 20.6. The molecule has 4 rings (SSSR count). The van der Waals surface area contributed by atoms with Crippen molar-refractivity contribution in [2.45, 2.75) is 205 Å². The normalized spacial score (nSPS) is 26.4. The van der Waals surface area contributed by atoms with E-state index in [1.54, 1.807) is 113 Å². The number of carbonyl (C=O) groups is 6. The zero-order valence-corrected chi connectivity index (χ0v) is 45.7. The molecule has 0 aromatic heterocycles. The molecule has 1 aliphatic carbocycles. The number of amides is 6. The lowest BCUT2D eigenvalue weighted by Gasteiger charge is -2.49. The van der Waals surface area contributed by atoms with Crippen molar-refractivity contribution in [2.75, 3.05) is 32.5 Å². The molecular formula is C50H81N7O19. The van der Waals surface area contributed by atoms with E-state index in [4.69, 9.17) is 48.4 Å². The zero-order chi connectivity index (χ0) is 57.1. The Hall–Kier alpha value is -5.90. The van der Waals surface area contributed by atoms with E-state index in [-0.39, 0.29) is 44.7 Å². The minimum Gasteiger partial charge on any atom is -0.465 e. The molecule has 0 spiro atoms. The Bertz CT molecular complexity index is 2160. The van der Waals surface area contributed by atoms with Gasteiger partial charge >= 0.3 is 30.5 Å². The third-order valence-electron chi connectivity index (χ3n) is 11.2. The number of nitrogens with two attached hydrogens (primary N) is 1. The summed E-state index contributed by atoms with van der Waals surface area (Å²) in [5.74, 6) is -0.883. The maximum absolute atomic E-state index is 13.8. The number of nitrogen functional groups attached to an aromatic ring is 1. The van der Waals surface area contributed by atoms with Gasteiger partial charge in [-0.05, 0) is 126 Å². The highest BCUT2D eigenvalue weighted by molar-refractivity contribution is 5.81. The lowest BCUT2D eigenvalue weighted by molar-refractivity contribution is -0.298. The SMILES string of the molecule is CN(C(=O)OC(C)(C)C)[C@@H]1[C@@H](O)[C@@H](O[C@@H]2[C@@H](O)[C@H](O[C@H]3OC(CNC(=O)OCc4ccc(N)cc4)=CC[C@H]3NC(=O)OC(C)(C)C)[C@@H](NC(=O)OC(C)(C)C)C[C@H]2NC(=O)[C@H](O)CCNC(=O)OC(C)(C)C)OC[C@H]1O. The number of hydrogen-bond acceptors (Lipinski definition) is 20. The maximum Gasteiger partial charge on any atom is 0.410 e. The summed E-state index contributed by atoms with van der Waals surface area (Å²) in [6.45, 7) is 18.6. The van der Waals surface area contributed by atoms with Gasteiger partial charge in [0, 0.05) is 19.3 Å². The minimum atomic E-state index is -1.96. The zero-order valence-electron chi connectivity index (χ0n) is 45.7. The van der Waals surface area contributed by atoms with Gasteiger partial charge in [-0.2, -0.15) is 0 Å². The number of carbonyl (C=O) groups excluding carboxylic acids is 6. The van der Waals surface area contributed by atoms with Gasteiger partial charge in [0.1, 0.15) is 71.4 Å². The molecule has 1 aromatic carbocycles. The number of nitrogens with zero attached hydrogens (tertiary/aromatic N) is 1. The van der Waals surface area contributed by atoms with Crippen LogP contribution in [0.15, 0.2) is 36.1 Å². The summed E-state index contributed by atoms with van der Waals surface area (Å²) in [6, 6.07) is 1.52. The fourth-order valence-corrected chi connectivity index (χ4v) is 7.93. The molecule has 0 bridgehead atoms. The molecule has 6 amide bonds. The van der Waals surface area contributed by atoms with Gasteiger partial charge < -0.3 is 100 Å². The number of nitrogens with one attached hydrogen (secondary N) is 5. The molecule has 11 N–H and O–H groups in total. The Morgan fingerprint density at radius 1 is 0.697 bits per heavy atom. The highest BCUT2D eigenvalue weighted by Crippen LogP contribution is 2.33. The maximum atomic E-state index is 13.8. The lowest BCUT2D eigenvalue weighted by atomic mass is 9.83. The molecule has 26 heteroatoms. The molecule has 430 valence electrons. The van der Waals surface area contributed by atoms with E-state index in [1.807, 2.05) is 0 Å². The second-order valence-corrected chi connectivity index (χ2v) is 22.7. The van der Waals surface area contributed by atoms with Crippen molar-refractivity contribution in [3.05, 3.63) is 41.7 Å². The van der Waals surface area contributed by atoms with Crippen LogP contribution in [-0.4, -0.2) is 184 Å². The van der Waals surface area contributed by atoms with Crippen LogP contribution in [0.3, 0.4) is 0 Å². The summed E-state index contributed by atoms with van der Waals surface area (Å²) in [5.41, 5.74) is 3.20. The number of benzene rings is 1. The first-order valence-corrected chi connectivity index (χ1v) is 25.1. The Balaban J connectivity index is 1.71. The summed E-state index contributed by atoms with van der Waals surface area (Å²) in [5, 5.41) is 59.7. The van der Waals surface area contributed by atoms with Gasteiger partial charge in [-0.3, -0.25) is 4.79 Å². The quantitative estimate of drug-likeness (QED) is 0.0840. The van der Waals surface area contributed by atoms with Crippen molar-refractivity contribution in [1.29, 1.82) is 0 Å². The third-order valence-corrected chi connectivity index (χ3v) is 11.2. The van der Waals surface area contributed by atoms with Crippen LogP contribution in [0.1, 0.15) is 108 Å². The van der Waals surface area contributed by atoms with Crippen LogP contribution in [-0.2, 0) is 54.0 Å². The smallest absolute Gasteiger partial charge is 0.410 e. The second kappa shape index (κ2) is 26.4. The Labute approximate surface area is 443 Å². The highest BCUT2D eigenvalue weighted by Gasteiger charge is 2.53. The van der Waals surface area contributed by atoms with E-state index in [9.17, 15) is 49.2 Å². The summed E-state index contributed by atoms with van der Waals surface area (Å²) in [4.78, 5) is 80.1. The fourth-order valence-electron chi connectivity index (χ4n) is 7.93. The van der Waals surface area contributed by atoms with Crippen LogP contribution >= 0.6 is 0 Å². The van der Waals surface area contributed by atoms with Crippen molar-refractivity contribution in [2.24, 2.45) is 0 Å². The molecular weight excluding hydrogens is 1000 g/mol. The van der Waals surface area contributed by atoms with Gasteiger partial charge in [-0.15, -0.1) is 0 Å². The van der Waals surface area contributed by atoms with Gasteiger partial charge in [0.05, 0.1) is 37.3 Å². The first-order chi connectivity index (χ1) is 35.1. The number of likely N-dealkylation sites (N-methyl/N-ethyl adjacent to an activating group) is 1. The minimum absolute atomic E-state index is 0.00462. The molecule has 2 heterocycles. The second-order valence-electron chi connectivity index (χ2n) is 22.7. The van der Waals surface area contributed by atoms with Gasteiger partial charge in [0.15, 0.2) is 6.29 Å². The largest absolute Gasteiger partial charge is 0.465 e. The van der Waals surface area contributed by atoms with Gasteiger partial charge in [-0.25, -0.2) is 24.0 Å². The number of ether oxygens (including phenoxy) is 9. The summed E-state index contributed by atoms with van der Waals surface area (Å²) >= 11 is 0. The highest BCUT2D eigenvalue weighted by atomic mass is 16.7. The predicted octanol–water partition coefficient (Wildman–Crippen LogP) is 2.52. The summed E-state index contributed by atoms with van der Waals surface area (Å²) in [6.07, 6.45) is -17.1. The molecule has 2 fully saturated rings. The molecule has 12 atom stereocenters. The van der Waals surface area contributed by atoms with Crippen molar-refractivity contribution in [3.63, 3.8) is 0 Å². The first-order valence-electron chi connectivity index (χ1n) is 25.1. The average molecular weight is 1080 g/mol. The Morgan fingerprint density at radius 2 is 1.22 bits per heavy atom. The molecule has 3 aliphatic rings. The molecule has 1 saturated heterocycles. The van der Waals surface area contributed by atoms with E-state index in [1.165, 1.54) is 7.05 Å². The Morgan fingerprint density at radius 3 is 1.79 bits per heavy atom. The van der Waals surface area contributed by atoms with Crippen LogP contribution < -0.4 is 32.3 Å². The molecule has 0 radical (unpaired) electrons. The van der Waals surface area contributed by atoms with Gasteiger partial charge in [0.25, 0.3) is 0 Å². The van der Waals surface area contributed by atoms with Crippen LogP contribution in [0.25, 0.3) is 0 Å². The van der Waals surface area contributed by atoms with Gasteiger partial charge in [-0.1, -0.05) is 12.1 Å². The molecule has 26 nitrogen and oxygen atoms in total. The first kappa shape index (κ1) is 62.6. The van der Waals surface area contributed by atoms with E-state index in [2.05, 4.69) is 26.6 Å². The van der Waals surface area contributed by atoms with Crippen LogP contribution in [0.4, 0.5) is 29.7 Å². The average Bonchev–Trinajstić information content (AvgIpc) is 3.26. The van der Waals surface area contributed by atoms with Crippen LogP contribution in [0, 0.1) is 0 Å². The van der Waals surface area contributed by atoms with Crippen LogP contribution in [0.2, 0.25) is 0 Å². The van der Waals surface area contributed by atoms with Crippen molar-refractivity contribution in [1.82, 2.24) is 31.5 Å². The lowest BCUT2D eigenvalue weighted by Crippen LogP contribution is -2.69. The van der Waals surface area contributed by atoms with Crippen LogP contribution in [0.5, 0.6) is 0 Å². The fraction of sp³-hybridized carbons (Fsp3) is 0.720. The number of aliphatic hydroxyl groups excluding tert-OH is 4. The number of hydrogen-bond donors (Lipinski definition) is 10. The van der Waals surface area contributed by atoms with Crippen molar-refractivity contribution < 1.29 is 91.8 Å². The monoisotopic (exact) mass is 1080 g/mol. The number of alkyl carbamates (subject to hydrolysis) is 4. The molecule has 1 saturated carbocycles.